The van der Waals surface area contributed by atoms with E-state index in [0.717, 1.165) is 38.4 Å². The van der Waals surface area contributed by atoms with Crippen LogP contribution in [-0.4, -0.2) is 41.3 Å². The molecule has 0 unspecified atom stereocenters. The molecule has 1 fully saturated rings. The quantitative estimate of drug-likeness (QED) is 0.815. The number of nitrogens with one attached hydrogen (secondary N) is 1. The molecule has 2 heterocycles. The predicted molar refractivity (Wildman–Crippen MR) is 59.8 cm³/mol. The van der Waals surface area contributed by atoms with Crippen LogP contribution in [0.25, 0.3) is 0 Å². The molecular formula is C10H15ClN4. The van der Waals surface area contributed by atoms with Crippen molar-refractivity contribution in [3.8, 4) is 0 Å². The molecule has 0 saturated carbocycles. The van der Waals surface area contributed by atoms with Gasteiger partial charge in [0.15, 0.2) is 5.15 Å². The Hall–Kier alpha value is -0.710. The molecule has 0 atom stereocenters. The van der Waals surface area contributed by atoms with Crippen LogP contribution >= 0.6 is 11.6 Å². The lowest BCUT2D eigenvalue weighted by Gasteiger charge is -2.18. The third-order valence-corrected chi connectivity index (χ3v) is 2.71. The maximum atomic E-state index is 5.68. The molecule has 0 aliphatic carbocycles. The van der Waals surface area contributed by atoms with Gasteiger partial charge in [-0.3, -0.25) is 4.90 Å². The second-order valence-electron chi connectivity index (χ2n) is 3.73. The molecule has 0 bridgehead atoms. The molecule has 1 aromatic heterocycles. The second-order valence-corrected chi connectivity index (χ2v) is 4.11. The summed E-state index contributed by atoms with van der Waals surface area (Å²) < 4.78 is 0. The molecule has 1 aliphatic heterocycles. The van der Waals surface area contributed by atoms with E-state index in [2.05, 4.69) is 20.4 Å². The van der Waals surface area contributed by atoms with Crippen LogP contribution < -0.4 is 5.32 Å². The Balaban J connectivity index is 1.92. The lowest BCUT2D eigenvalue weighted by molar-refractivity contribution is 0.280. The van der Waals surface area contributed by atoms with Crippen LogP contribution in [0, 0.1) is 0 Å². The zero-order chi connectivity index (χ0) is 10.5. The van der Waals surface area contributed by atoms with Crippen molar-refractivity contribution in [1.29, 1.82) is 0 Å². The fourth-order valence-corrected chi connectivity index (χ4v) is 1.82. The highest BCUT2D eigenvalue weighted by atomic mass is 35.5. The van der Waals surface area contributed by atoms with E-state index in [1.807, 2.05) is 6.07 Å². The van der Waals surface area contributed by atoms with Crippen molar-refractivity contribution >= 4 is 11.6 Å². The largest absolute Gasteiger partial charge is 0.315 e. The van der Waals surface area contributed by atoms with Crippen LogP contribution in [0.1, 0.15) is 12.1 Å². The van der Waals surface area contributed by atoms with Gasteiger partial charge in [0.05, 0.1) is 5.69 Å². The Morgan fingerprint density at radius 2 is 2.20 bits per heavy atom. The molecule has 1 saturated heterocycles. The van der Waals surface area contributed by atoms with Crippen molar-refractivity contribution in [3.05, 3.63) is 23.0 Å². The molecule has 15 heavy (non-hydrogen) atoms. The van der Waals surface area contributed by atoms with Gasteiger partial charge in [0.2, 0.25) is 0 Å². The van der Waals surface area contributed by atoms with E-state index in [1.54, 1.807) is 6.07 Å². The van der Waals surface area contributed by atoms with E-state index in [9.17, 15) is 0 Å². The van der Waals surface area contributed by atoms with E-state index in [-0.39, 0.29) is 0 Å². The van der Waals surface area contributed by atoms with Gasteiger partial charge in [-0.15, -0.1) is 5.10 Å². The number of rotatable bonds is 2. The first-order valence-electron chi connectivity index (χ1n) is 5.26. The van der Waals surface area contributed by atoms with Gasteiger partial charge in [-0.25, -0.2) is 0 Å². The Labute approximate surface area is 94.6 Å². The molecule has 5 heteroatoms. The van der Waals surface area contributed by atoms with Crippen molar-refractivity contribution in [3.63, 3.8) is 0 Å². The average Bonchev–Trinajstić information content (AvgIpc) is 2.50. The summed E-state index contributed by atoms with van der Waals surface area (Å²) in [6.45, 7) is 5.23. The highest BCUT2D eigenvalue weighted by Gasteiger charge is 2.09. The van der Waals surface area contributed by atoms with E-state index >= 15 is 0 Å². The molecule has 0 aromatic carbocycles. The molecule has 1 aromatic rings. The summed E-state index contributed by atoms with van der Waals surface area (Å²) in [7, 11) is 0. The van der Waals surface area contributed by atoms with Crippen LogP contribution in [-0.2, 0) is 6.54 Å². The van der Waals surface area contributed by atoms with Crippen LogP contribution in [0.4, 0.5) is 0 Å². The van der Waals surface area contributed by atoms with Crippen molar-refractivity contribution in [2.24, 2.45) is 0 Å². The molecule has 0 amide bonds. The molecule has 4 nitrogen and oxygen atoms in total. The molecule has 0 radical (unpaired) electrons. The zero-order valence-corrected chi connectivity index (χ0v) is 9.37. The van der Waals surface area contributed by atoms with Gasteiger partial charge in [-0.05, 0) is 31.6 Å². The SMILES string of the molecule is Clc1ccc(CN2CCCNCC2)nn1. The fourth-order valence-electron chi connectivity index (χ4n) is 1.72. The minimum atomic E-state index is 0.455. The lowest BCUT2D eigenvalue weighted by Crippen LogP contribution is -2.28. The molecule has 0 spiro atoms. The first kappa shape index (κ1) is 10.8. The van der Waals surface area contributed by atoms with Crippen molar-refractivity contribution < 1.29 is 0 Å². The van der Waals surface area contributed by atoms with Crippen molar-refractivity contribution in [2.75, 3.05) is 26.2 Å². The van der Waals surface area contributed by atoms with Crippen LogP contribution in [0.15, 0.2) is 12.1 Å². The highest BCUT2D eigenvalue weighted by molar-refractivity contribution is 6.29. The standard InChI is InChI=1S/C10H15ClN4/c11-10-3-2-9(13-14-10)8-15-6-1-4-12-5-7-15/h2-3,12H,1,4-8H2. The number of hydrogen-bond acceptors (Lipinski definition) is 4. The Morgan fingerprint density at radius 1 is 1.27 bits per heavy atom. The summed E-state index contributed by atoms with van der Waals surface area (Å²) in [5.74, 6) is 0. The predicted octanol–water partition coefficient (Wildman–Crippen LogP) is 0.925. The molecule has 1 N–H and O–H groups in total. The van der Waals surface area contributed by atoms with Gasteiger partial charge >= 0.3 is 0 Å². The van der Waals surface area contributed by atoms with E-state index in [0.29, 0.717) is 5.15 Å². The number of aromatic nitrogens is 2. The fraction of sp³-hybridized carbons (Fsp3) is 0.600. The third kappa shape index (κ3) is 3.41. The molecule has 1 aliphatic rings. The van der Waals surface area contributed by atoms with Gasteiger partial charge in [0.1, 0.15) is 0 Å². The van der Waals surface area contributed by atoms with Crippen molar-refractivity contribution in [2.45, 2.75) is 13.0 Å². The van der Waals surface area contributed by atoms with Crippen LogP contribution in [0.3, 0.4) is 0 Å². The average molecular weight is 227 g/mol. The Morgan fingerprint density at radius 3 is 3.00 bits per heavy atom. The molecule has 2 rings (SSSR count). The van der Waals surface area contributed by atoms with E-state index in [4.69, 9.17) is 11.6 Å². The summed E-state index contributed by atoms with van der Waals surface area (Å²) in [5.41, 5.74) is 0.987. The van der Waals surface area contributed by atoms with Gasteiger partial charge in [-0.1, -0.05) is 11.6 Å². The summed E-state index contributed by atoms with van der Waals surface area (Å²) in [5, 5.41) is 11.7. The van der Waals surface area contributed by atoms with Gasteiger partial charge in [-0.2, -0.15) is 5.10 Å². The van der Waals surface area contributed by atoms with Gasteiger partial charge in [0.25, 0.3) is 0 Å². The maximum Gasteiger partial charge on any atom is 0.151 e. The Kier molecular flexibility index (Phi) is 3.88. The summed E-state index contributed by atoms with van der Waals surface area (Å²) in [4.78, 5) is 2.39. The normalized spacial score (nSPS) is 18.7. The smallest absolute Gasteiger partial charge is 0.151 e. The third-order valence-electron chi connectivity index (χ3n) is 2.51. The van der Waals surface area contributed by atoms with Crippen LogP contribution in [0.5, 0.6) is 0 Å². The minimum absolute atomic E-state index is 0.455. The second kappa shape index (κ2) is 5.39. The number of nitrogens with zero attached hydrogens (tertiary/aromatic N) is 3. The first-order chi connectivity index (χ1) is 7.34. The topological polar surface area (TPSA) is 41.0 Å². The van der Waals surface area contributed by atoms with E-state index < -0.39 is 0 Å². The van der Waals surface area contributed by atoms with Gasteiger partial charge < -0.3 is 5.32 Å². The van der Waals surface area contributed by atoms with Crippen molar-refractivity contribution in [1.82, 2.24) is 20.4 Å². The van der Waals surface area contributed by atoms with E-state index in [1.165, 1.54) is 6.42 Å². The molecule has 82 valence electrons. The minimum Gasteiger partial charge on any atom is -0.315 e. The lowest BCUT2D eigenvalue weighted by atomic mass is 10.3. The monoisotopic (exact) mass is 226 g/mol. The molecular weight excluding hydrogens is 212 g/mol. The summed E-state index contributed by atoms with van der Waals surface area (Å²) in [6.07, 6.45) is 1.20. The number of hydrogen-bond donors (Lipinski definition) is 1. The summed E-state index contributed by atoms with van der Waals surface area (Å²) in [6, 6.07) is 3.73. The van der Waals surface area contributed by atoms with Gasteiger partial charge in [0, 0.05) is 19.6 Å². The summed E-state index contributed by atoms with van der Waals surface area (Å²) >= 11 is 5.68. The maximum absolute atomic E-state index is 5.68. The number of halogens is 1. The Bertz CT molecular complexity index is 293. The first-order valence-corrected chi connectivity index (χ1v) is 5.63. The van der Waals surface area contributed by atoms with Crippen LogP contribution in [0.2, 0.25) is 5.15 Å². The highest BCUT2D eigenvalue weighted by Crippen LogP contribution is 2.06. The zero-order valence-electron chi connectivity index (χ0n) is 8.62.